The molecule has 0 atom stereocenters. The van der Waals surface area contributed by atoms with E-state index in [-0.39, 0.29) is 12.7 Å². The number of amides is 2. The predicted molar refractivity (Wildman–Crippen MR) is 148 cm³/mol. The molecule has 36 heavy (non-hydrogen) atoms. The molecule has 0 aliphatic heterocycles. The summed E-state index contributed by atoms with van der Waals surface area (Å²) < 4.78 is 5.27. The van der Waals surface area contributed by atoms with Crippen molar-refractivity contribution in [3.8, 4) is 0 Å². The molecule has 0 rings (SSSR count). The van der Waals surface area contributed by atoms with Crippen LogP contribution in [-0.4, -0.2) is 73.2 Å². The summed E-state index contributed by atoms with van der Waals surface area (Å²) in [6.45, 7) is 7.16. The summed E-state index contributed by atoms with van der Waals surface area (Å²) in [5, 5.41) is 23.0. The lowest BCUT2D eigenvalue weighted by Crippen LogP contribution is -2.28. The molecule has 4 N–H and O–H groups in total. The number of carboxylic acid groups (broad SMARTS) is 1. The first-order valence-electron chi connectivity index (χ1n) is 14.8. The Kier molecular flexibility index (Phi) is 26.8. The van der Waals surface area contributed by atoms with Gasteiger partial charge in [0.1, 0.15) is 0 Å². The molecule has 214 valence electrons. The molecular formula is C28H57N3O5. The molecule has 0 aliphatic carbocycles. The van der Waals surface area contributed by atoms with Crippen molar-refractivity contribution in [1.29, 1.82) is 0 Å². The predicted octanol–water partition coefficient (Wildman–Crippen LogP) is 6.32. The first-order valence-corrected chi connectivity index (χ1v) is 14.8. The largest absolute Gasteiger partial charge is 0.465 e. The molecule has 8 heteroatoms. The molecule has 0 radical (unpaired) electrons. The number of hydrogen-bond acceptors (Lipinski definition) is 5. The van der Waals surface area contributed by atoms with Crippen LogP contribution in [0.3, 0.4) is 0 Å². The number of hydrogen-bond donors (Lipinski definition) is 4. The van der Waals surface area contributed by atoms with E-state index in [9.17, 15) is 9.59 Å². The highest BCUT2D eigenvalue weighted by atomic mass is 16.5. The first-order chi connectivity index (χ1) is 17.6. The van der Waals surface area contributed by atoms with Crippen molar-refractivity contribution in [2.45, 2.75) is 122 Å². The van der Waals surface area contributed by atoms with Crippen LogP contribution in [0.4, 0.5) is 9.59 Å². The Morgan fingerprint density at radius 1 is 0.639 bits per heavy atom. The fourth-order valence-corrected chi connectivity index (χ4v) is 4.27. The van der Waals surface area contributed by atoms with E-state index in [2.05, 4.69) is 22.5 Å². The Labute approximate surface area is 220 Å². The van der Waals surface area contributed by atoms with Gasteiger partial charge in [-0.05, 0) is 51.6 Å². The van der Waals surface area contributed by atoms with Gasteiger partial charge in [0.05, 0.1) is 6.61 Å². The van der Waals surface area contributed by atoms with Gasteiger partial charge in [-0.25, -0.2) is 9.59 Å². The molecule has 0 saturated carbocycles. The minimum absolute atomic E-state index is 0.220. The van der Waals surface area contributed by atoms with Gasteiger partial charge in [-0.1, -0.05) is 84.0 Å². The maximum atomic E-state index is 11.8. The number of unbranched alkanes of at least 4 members (excludes halogenated alkanes) is 14. The molecule has 0 aromatic heterocycles. The number of carbonyl (C=O) groups excluding carboxylic acids is 1. The van der Waals surface area contributed by atoms with Crippen molar-refractivity contribution in [1.82, 2.24) is 15.5 Å². The van der Waals surface area contributed by atoms with Crippen LogP contribution < -0.4 is 10.6 Å². The summed E-state index contributed by atoms with van der Waals surface area (Å²) in [6.07, 6.45) is 19.3. The second kappa shape index (κ2) is 28.0. The number of nitrogens with zero attached hydrogens (tertiary/aromatic N) is 1. The van der Waals surface area contributed by atoms with E-state index in [0.29, 0.717) is 19.7 Å². The Hall–Kier alpha value is -1.54. The smallest absolute Gasteiger partial charge is 0.407 e. The zero-order valence-electron chi connectivity index (χ0n) is 23.2. The highest BCUT2D eigenvalue weighted by molar-refractivity contribution is 5.66. The highest BCUT2D eigenvalue weighted by Gasteiger charge is 2.05. The molecule has 8 nitrogen and oxygen atoms in total. The van der Waals surface area contributed by atoms with Crippen molar-refractivity contribution < 1.29 is 24.5 Å². The summed E-state index contributed by atoms with van der Waals surface area (Å²) in [7, 11) is 0. The maximum absolute atomic E-state index is 11.8. The highest BCUT2D eigenvalue weighted by Crippen LogP contribution is 2.10. The minimum Gasteiger partial charge on any atom is -0.465 e. The van der Waals surface area contributed by atoms with Gasteiger partial charge in [-0.15, -0.1) is 0 Å². The quantitative estimate of drug-likeness (QED) is 0.0953. The molecule has 0 saturated heterocycles. The average Bonchev–Trinajstić information content (AvgIpc) is 2.86. The number of nitrogens with one attached hydrogen (secondary N) is 2. The van der Waals surface area contributed by atoms with Crippen LogP contribution in [0.2, 0.25) is 0 Å². The fourth-order valence-electron chi connectivity index (χ4n) is 4.27. The van der Waals surface area contributed by atoms with Gasteiger partial charge in [-0.2, -0.15) is 0 Å². The van der Waals surface area contributed by atoms with Gasteiger partial charge in [0.25, 0.3) is 0 Å². The topological polar surface area (TPSA) is 111 Å². The number of rotatable bonds is 27. The third-order valence-corrected chi connectivity index (χ3v) is 6.46. The zero-order valence-corrected chi connectivity index (χ0v) is 23.2. The summed E-state index contributed by atoms with van der Waals surface area (Å²) in [4.78, 5) is 24.6. The van der Waals surface area contributed by atoms with Crippen molar-refractivity contribution in [2.75, 3.05) is 45.9 Å². The molecule has 2 amide bonds. The van der Waals surface area contributed by atoms with E-state index in [4.69, 9.17) is 14.9 Å². The van der Waals surface area contributed by atoms with Crippen LogP contribution in [0.1, 0.15) is 122 Å². The third kappa shape index (κ3) is 27.1. The molecule has 0 spiro atoms. The van der Waals surface area contributed by atoms with Crippen molar-refractivity contribution in [3.63, 3.8) is 0 Å². The van der Waals surface area contributed by atoms with E-state index < -0.39 is 6.09 Å². The SMILES string of the molecule is CCCCCCCCCCCOC(=O)NCCCCCCN(CCCO)CCCCCCNC(=O)O. The molecule has 0 fully saturated rings. The normalized spacial score (nSPS) is 11.1. The fraction of sp³-hybridized carbons (Fsp3) is 0.929. The minimum atomic E-state index is -0.953. The molecule has 0 unspecified atom stereocenters. The van der Waals surface area contributed by atoms with E-state index in [1.54, 1.807) is 0 Å². The molecule has 0 heterocycles. The molecule has 0 aliphatic rings. The van der Waals surface area contributed by atoms with Crippen molar-refractivity contribution in [3.05, 3.63) is 0 Å². The van der Waals surface area contributed by atoms with Gasteiger partial charge >= 0.3 is 12.2 Å². The van der Waals surface area contributed by atoms with Crippen LogP contribution in [-0.2, 0) is 4.74 Å². The van der Waals surface area contributed by atoms with Crippen LogP contribution in [0.25, 0.3) is 0 Å². The van der Waals surface area contributed by atoms with Crippen LogP contribution in [0.5, 0.6) is 0 Å². The van der Waals surface area contributed by atoms with Crippen LogP contribution in [0, 0.1) is 0 Å². The lowest BCUT2D eigenvalue weighted by Gasteiger charge is -2.22. The summed E-state index contributed by atoms with van der Waals surface area (Å²) >= 11 is 0. The van der Waals surface area contributed by atoms with Gasteiger partial charge < -0.3 is 30.5 Å². The second-order valence-corrected chi connectivity index (χ2v) is 9.87. The van der Waals surface area contributed by atoms with E-state index in [0.717, 1.165) is 90.3 Å². The van der Waals surface area contributed by atoms with Crippen LogP contribution >= 0.6 is 0 Å². The van der Waals surface area contributed by atoms with E-state index in [1.807, 2.05) is 0 Å². The lowest BCUT2D eigenvalue weighted by molar-refractivity contribution is 0.143. The van der Waals surface area contributed by atoms with Crippen molar-refractivity contribution in [2.24, 2.45) is 0 Å². The Bertz CT molecular complexity index is 494. The average molecular weight is 516 g/mol. The monoisotopic (exact) mass is 515 g/mol. The third-order valence-electron chi connectivity index (χ3n) is 6.46. The number of ether oxygens (including phenoxy) is 1. The van der Waals surface area contributed by atoms with E-state index in [1.165, 1.54) is 44.9 Å². The van der Waals surface area contributed by atoms with Gasteiger partial charge in [0.15, 0.2) is 0 Å². The number of aliphatic hydroxyl groups is 1. The Morgan fingerprint density at radius 2 is 1.11 bits per heavy atom. The van der Waals surface area contributed by atoms with Gasteiger partial charge in [0, 0.05) is 26.2 Å². The summed E-state index contributed by atoms with van der Waals surface area (Å²) in [5.41, 5.74) is 0. The number of carbonyl (C=O) groups is 2. The summed E-state index contributed by atoms with van der Waals surface area (Å²) in [5.74, 6) is 0. The second-order valence-electron chi connectivity index (χ2n) is 9.87. The van der Waals surface area contributed by atoms with Gasteiger partial charge in [0.2, 0.25) is 0 Å². The maximum Gasteiger partial charge on any atom is 0.407 e. The van der Waals surface area contributed by atoms with Crippen molar-refractivity contribution >= 4 is 12.2 Å². The Morgan fingerprint density at radius 3 is 1.67 bits per heavy atom. The summed E-state index contributed by atoms with van der Waals surface area (Å²) in [6, 6.07) is 0. The number of alkyl carbamates (subject to hydrolysis) is 1. The standard InChI is InChI=1S/C28H57N3O5/c1-2-3-4-5-6-7-8-13-18-26-36-28(35)30-21-15-10-12-17-23-31(24-19-25-32)22-16-11-9-14-20-29-27(33)34/h29,32H,2-26H2,1H3,(H,30,35)(H,33,34). The molecular weight excluding hydrogens is 458 g/mol. The molecule has 0 aromatic rings. The Balaban J connectivity index is 3.56. The van der Waals surface area contributed by atoms with Gasteiger partial charge in [-0.3, -0.25) is 0 Å². The van der Waals surface area contributed by atoms with Crippen LogP contribution in [0.15, 0.2) is 0 Å². The lowest BCUT2D eigenvalue weighted by atomic mass is 10.1. The molecule has 0 aromatic carbocycles. The first kappa shape index (κ1) is 34.5. The van der Waals surface area contributed by atoms with E-state index >= 15 is 0 Å². The zero-order chi connectivity index (χ0) is 26.5. The number of aliphatic hydroxyl groups excluding tert-OH is 1. The molecule has 0 bridgehead atoms.